The third-order valence-corrected chi connectivity index (χ3v) is 5.16. The largest absolute Gasteiger partial charge is 0.378 e. The number of amides is 2. The fourth-order valence-corrected chi connectivity index (χ4v) is 3.75. The minimum atomic E-state index is -0.581. The van der Waals surface area contributed by atoms with Crippen LogP contribution in [0, 0.1) is 5.82 Å². The quantitative estimate of drug-likeness (QED) is 0.856. The second-order valence-electron chi connectivity index (χ2n) is 6.84. The number of rotatable bonds is 2. The molecule has 142 valence electrons. The number of nitrogens with zero attached hydrogens (tertiary/aromatic N) is 2. The van der Waals surface area contributed by atoms with Crippen LogP contribution in [0.3, 0.4) is 0 Å². The lowest BCUT2D eigenvalue weighted by molar-refractivity contribution is -0.139. The number of H-pyrrole nitrogens is 1. The summed E-state index contributed by atoms with van der Waals surface area (Å²) in [4.78, 5) is 44.0. The van der Waals surface area contributed by atoms with Crippen molar-refractivity contribution in [1.82, 2.24) is 14.8 Å². The van der Waals surface area contributed by atoms with E-state index in [9.17, 15) is 18.8 Å². The summed E-state index contributed by atoms with van der Waals surface area (Å²) < 4.78 is 18.6. The van der Waals surface area contributed by atoms with Gasteiger partial charge in [-0.3, -0.25) is 14.4 Å². The highest BCUT2D eigenvalue weighted by atomic mass is 19.1. The first-order chi connectivity index (χ1) is 13.0. The number of aromatic amines is 1. The fraction of sp³-hybridized carbons (Fsp3) is 0.421. The first-order valence-corrected chi connectivity index (χ1v) is 9.05. The maximum Gasteiger partial charge on any atom is 0.261 e. The van der Waals surface area contributed by atoms with E-state index in [1.54, 1.807) is 4.90 Å². The van der Waals surface area contributed by atoms with Crippen LogP contribution < -0.4 is 5.56 Å². The Labute approximate surface area is 154 Å². The summed E-state index contributed by atoms with van der Waals surface area (Å²) in [5.74, 6) is -1.03. The van der Waals surface area contributed by atoms with E-state index in [0.29, 0.717) is 56.6 Å². The number of hydrogen-bond acceptors (Lipinski definition) is 4. The molecular formula is C19H20FN3O4. The Kier molecular flexibility index (Phi) is 4.65. The van der Waals surface area contributed by atoms with E-state index in [1.807, 2.05) is 0 Å². The molecule has 1 aromatic carbocycles. The fourth-order valence-electron chi connectivity index (χ4n) is 3.75. The normalized spacial score (nSPS) is 20.3. The molecule has 27 heavy (non-hydrogen) atoms. The van der Waals surface area contributed by atoms with Crippen molar-refractivity contribution >= 4 is 22.7 Å². The number of fused-ring (bicyclic) bond motifs is 1. The second kappa shape index (κ2) is 7.11. The number of likely N-dealkylation sites (tertiary alicyclic amines) is 1. The average molecular weight is 373 g/mol. The monoisotopic (exact) mass is 373 g/mol. The number of benzene rings is 1. The van der Waals surface area contributed by atoms with E-state index in [4.69, 9.17) is 4.74 Å². The summed E-state index contributed by atoms with van der Waals surface area (Å²) >= 11 is 0. The molecule has 1 atom stereocenters. The van der Waals surface area contributed by atoms with Gasteiger partial charge in [-0.25, -0.2) is 4.39 Å². The van der Waals surface area contributed by atoms with Gasteiger partial charge in [0.25, 0.3) is 11.5 Å². The Morgan fingerprint density at radius 1 is 1.15 bits per heavy atom. The summed E-state index contributed by atoms with van der Waals surface area (Å²) in [5, 5.41) is 0.564. The SMILES string of the molecule is O=C(C1CCCN1C(=O)c1cc2ccc(F)cc2[nH]c1=O)N1CCOCC1. The maximum atomic E-state index is 13.3. The van der Waals surface area contributed by atoms with Crippen LogP contribution in [0.2, 0.25) is 0 Å². The van der Waals surface area contributed by atoms with Crippen molar-refractivity contribution in [3.63, 3.8) is 0 Å². The Balaban J connectivity index is 1.62. The standard InChI is InChI=1S/C19H20FN3O4/c20-13-4-3-12-10-14(17(24)21-15(12)11-13)18(25)23-5-1-2-16(23)19(26)22-6-8-27-9-7-22/h3-4,10-11,16H,1-2,5-9H2,(H,21,24). The Morgan fingerprint density at radius 2 is 1.93 bits per heavy atom. The second-order valence-corrected chi connectivity index (χ2v) is 6.84. The Hall–Kier alpha value is -2.74. The summed E-state index contributed by atoms with van der Waals surface area (Å²) in [6.45, 7) is 2.44. The molecule has 0 saturated carbocycles. The van der Waals surface area contributed by atoms with Crippen molar-refractivity contribution in [3.8, 4) is 0 Å². The van der Waals surface area contributed by atoms with Gasteiger partial charge in [0.05, 0.1) is 18.7 Å². The van der Waals surface area contributed by atoms with Crippen molar-refractivity contribution in [2.24, 2.45) is 0 Å². The third-order valence-electron chi connectivity index (χ3n) is 5.16. The molecule has 4 rings (SSSR count). The van der Waals surface area contributed by atoms with Crippen LogP contribution in [0.5, 0.6) is 0 Å². The highest BCUT2D eigenvalue weighted by Gasteiger charge is 2.38. The topological polar surface area (TPSA) is 82.7 Å². The number of hydrogen-bond donors (Lipinski definition) is 1. The molecule has 1 N–H and O–H groups in total. The number of carbonyl (C=O) groups excluding carboxylic acids is 2. The maximum absolute atomic E-state index is 13.3. The van der Waals surface area contributed by atoms with Crippen molar-refractivity contribution in [2.45, 2.75) is 18.9 Å². The van der Waals surface area contributed by atoms with Crippen LogP contribution in [0.1, 0.15) is 23.2 Å². The van der Waals surface area contributed by atoms with E-state index in [0.717, 1.165) is 0 Å². The number of aromatic nitrogens is 1. The van der Waals surface area contributed by atoms with E-state index >= 15 is 0 Å². The van der Waals surface area contributed by atoms with E-state index < -0.39 is 23.3 Å². The van der Waals surface area contributed by atoms with Crippen LogP contribution in [0.4, 0.5) is 4.39 Å². The molecule has 1 aromatic heterocycles. The number of nitrogens with one attached hydrogen (secondary N) is 1. The summed E-state index contributed by atoms with van der Waals surface area (Å²) in [6, 6.07) is 4.91. The molecule has 2 amide bonds. The number of pyridine rings is 1. The molecule has 0 spiro atoms. The zero-order chi connectivity index (χ0) is 19.0. The molecule has 1 unspecified atom stereocenters. The molecule has 7 nitrogen and oxygen atoms in total. The molecule has 0 radical (unpaired) electrons. The van der Waals surface area contributed by atoms with Gasteiger partial charge in [-0.2, -0.15) is 0 Å². The number of morpholine rings is 1. The molecular weight excluding hydrogens is 353 g/mol. The van der Waals surface area contributed by atoms with Gasteiger partial charge >= 0.3 is 0 Å². The van der Waals surface area contributed by atoms with Gasteiger partial charge in [0.15, 0.2) is 0 Å². The Bertz CT molecular complexity index is 952. The average Bonchev–Trinajstić information content (AvgIpc) is 3.16. The Morgan fingerprint density at radius 3 is 2.70 bits per heavy atom. The minimum absolute atomic E-state index is 0.0317. The zero-order valence-electron chi connectivity index (χ0n) is 14.7. The first-order valence-electron chi connectivity index (χ1n) is 9.05. The molecule has 2 aliphatic heterocycles. The molecule has 2 saturated heterocycles. The minimum Gasteiger partial charge on any atom is -0.378 e. The smallest absolute Gasteiger partial charge is 0.261 e. The lowest BCUT2D eigenvalue weighted by atomic mass is 10.1. The van der Waals surface area contributed by atoms with Crippen LogP contribution in [0.15, 0.2) is 29.1 Å². The third kappa shape index (κ3) is 3.32. The predicted molar refractivity (Wildman–Crippen MR) is 96.0 cm³/mol. The van der Waals surface area contributed by atoms with Crippen LogP contribution >= 0.6 is 0 Å². The molecule has 3 heterocycles. The van der Waals surface area contributed by atoms with Crippen molar-refractivity contribution in [1.29, 1.82) is 0 Å². The van der Waals surface area contributed by atoms with Crippen LogP contribution in [-0.2, 0) is 9.53 Å². The molecule has 0 aliphatic carbocycles. The van der Waals surface area contributed by atoms with Gasteiger partial charge in [-0.1, -0.05) is 0 Å². The summed E-state index contributed by atoms with van der Waals surface area (Å²) in [7, 11) is 0. The lowest BCUT2D eigenvalue weighted by Gasteiger charge is -2.32. The van der Waals surface area contributed by atoms with Gasteiger partial charge in [0.2, 0.25) is 5.91 Å². The molecule has 8 heteroatoms. The predicted octanol–water partition coefficient (Wildman–Crippen LogP) is 1.13. The first kappa shape index (κ1) is 17.7. The van der Waals surface area contributed by atoms with E-state index in [2.05, 4.69) is 4.98 Å². The van der Waals surface area contributed by atoms with Crippen LogP contribution in [0.25, 0.3) is 10.9 Å². The van der Waals surface area contributed by atoms with Gasteiger partial charge < -0.3 is 19.5 Å². The molecule has 2 fully saturated rings. The van der Waals surface area contributed by atoms with Crippen molar-refractivity contribution < 1.29 is 18.7 Å². The van der Waals surface area contributed by atoms with Crippen LogP contribution in [-0.4, -0.2) is 65.5 Å². The lowest BCUT2D eigenvalue weighted by Crippen LogP contribution is -2.51. The summed E-state index contributed by atoms with van der Waals surface area (Å²) in [5.41, 5.74) is -0.280. The van der Waals surface area contributed by atoms with Gasteiger partial charge in [0.1, 0.15) is 17.4 Å². The number of carbonyl (C=O) groups is 2. The molecule has 2 aliphatic rings. The van der Waals surface area contributed by atoms with E-state index in [1.165, 1.54) is 29.2 Å². The molecule has 0 bridgehead atoms. The molecule has 2 aromatic rings. The van der Waals surface area contributed by atoms with Gasteiger partial charge in [-0.05, 0) is 42.5 Å². The van der Waals surface area contributed by atoms with Crippen molar-refractivity contribution in [2.75, 3.05) is 32.8 Å². The van der Waals surface area contributed by atoms with Crippen molar-refractivity contribution in [3.05, 3.63) is 46.0 Å². The summed E-state index contributed by atoms with van der Waals surface area (Å²) in [6.07, 6.45) is 1.29. The van der Waals surface area contributed by atoms with E-state index in [-0.39, 0.29) is 11.5 Å². The number of halogens is 1. The van der Waals surface area contributed by atoms with Gasteiger partial charge in [-0.15, -0.1) is 0 Å². The zero-order valence-corrected chi connectivity index (χ0v) is 14.7. The highest BCUT2D eigenvalue weighted by Crippen LogP contribution is 2.23. The number of ether oxygens (including phenoxy) is 1. The van der Waals surface area contributed by atoms with Gasteiger partial charge in [0, 0.05) is 19.6 Å². The highest BCUT2D eigenvalue weighted by molar-refractivity contribution is 6.00.